The van der Waals surface area contributed by atoms with Crippen LogP contribution in [0.5, 0.6) is 23.0 Å². The number of rotatable bonds is 4. The summed E-state index contributed by atoms with van der Waals surface area (Å²) in [4.78, 5) is 12.8. The molecule has 2 aliphatic heterocycles. The van der Waals surface area contributed by atoms with Crippen LogP contribution < -0.4 is 24.3 Å². The highest BCUT2D eigenvalue weighted by molar-refractivity contribution is 5.95. The molecule has 0 saturated carbocycles. The summed E-state index contributed by atoms with van der Waals surface area (Å²) < 4.78 is 22.5. The van der Waals surface area contributed by atoms with Crippen LogP contribution in [0.1, 0.15) is 41.7 Å². The number of benzene rings is 2. The molecule has 1 atom stereocenters. The Morgan fingerprint density at radius 3 is 2.30 bits per heavy atom. The van der Waals surface area contributed by atoms with Gasteiger partial charge in [-0.15, -0.1) is 0 Å². The summed E-state index contributed by atoms with van der Waals surface area (Å²) in [5.74, 6) is 2.62. The van der Waals surface area contributed by atoms with E-state index in [0.29, 0.717) is 43.5 Å². The molecule has 0 bridgehead atoms. The topological polar surface area (TPSA) is 66.0 Å². The first-order valence-electron chi connectivity index (χ1n) is 9.34. The fourth-order valence-electron chi connectivity index (χ4n) is 3.24. The van der Waals surface area contributed by atoms with E-state index >= 15 is 0 Å². The zero-order valence-electron chi connectivity index (χ0n) is 15.3. The molecule has 2 heterocycles. The molecule has 4 rings (SSSR count). The minimum absolute atomic E-state index is 0.122. The molecule has 2 aromatic rings. The van der Waals surface area contributed by atoms with Gasteiger partial charge in [0.15, 0.2) is 23.0 Å². The highest BCUT2D eigenvalue weighted by Crippen LogP contribution is 2.34. The maximum absolute atomic E-state index is 12.8. The molecule has 6 nitrogen and oxygen atoms in total. The SMILES string of the molecule is CCC(NC(=O)c1ccc2c(c1)OCCO2)c1ccc2c(c1)OCCCO2. The van der Waals surface area contributed by atoms with E-state index < -0.39 is 0 Å². The van der Waals surface area contributed by atoms with Crippen LogP contribution in [0.4, 0.5) is 0 Å². The van der Waals surface area contributed by atoms with E-state index in [2.05, 4.69) is 5.32 Å². The zero-order chi connectivity index (χ0) is 18.6. The first kappa shape index (κ1) is 17.5. The van der Waals surface area contributed by atoms with Gasteiger partial charge in [0, 0.05) is 12.0 Å². The summed E-state index contributed by atoms with van der Waals surface area (Å²) in [7, 11) is 0. The lowest BCUT2D eigenvalue weighted by Crippen LogP contribution is -2.28. The van der Waals surface area contributed by atoms with Gasteiger partial charge in [0.1, 0.15) is 13.2 Å². The molecular formula is C21H23NO5. The second-order valence-electron chi connectivity index (χ2n) is 6.55. The third-order valence-corrected chi connectivity index (χ3v) is 4.69. The number of ether oxygens (including phenoxy) is 4. The number of amides is 1. The van der Waals surface area contributed by atoms with Crippen molar-refractivity contribution >= 4 is 5.91 Å². The molecule has 0 spiro atoms. The van der Waals surface area contributed by atoms with Crippen LogP contribution in [0, 0.1) is 0 Å². The summed E-state index contributed by atoms with van der Waals surface area (Å²) in [5.41, 5.74) is 1.54. The van der Waals surface area contributed by atoms with Crippen molar-refractivity contribution in [2.75, 3.05) is 26.4 Å². The van der Waals surface area contributed by atoms with Gasteiger partial charge < -0.3 is 24.3 Å². The number of fused-ring (bicyclic) bond motifs is 2. The fraction of sp³-hybridized carbons (Fsp3) is 0.381. The number of hydrogen-bond donors (Lipinski definition) is 1. The average molecular weight is 369 g/mol. The van der Waals surface area contributed by atoms with Crippen LogP contribution in [-0.4, -0.2) is 32.3 Å². The van der Waals surface area contributed by atoms with Gasteiger partial charge in [-0.1, -0.05) is 13.0 Å². The van der Waals surface area contributed by atoms with Gasteiger partial charge in [-0.2, -0.15) is 0 Å². The smallest absolute Gasteiger partial charge is 0.251 e. The molecule has 0 fully saturated rings. The second-order valence-corrected chi connectivity index (χ2v) is 6.55. The maximum Gasteiger partial charge on any atom is 0.251 e. The van der Waals surface area contributed by atoms with Crippen LogP contribution in [0.3, 0.4) is 0 Å². The van der Waals surface area contributed by atoms with Crippen molar-refractivity contribution in [2.24, 2.45) is 0 Å². The Balaban J connectivity index is 1.52. The highest BCUT2D eigenvalue weighted by Gasteiger charge is 2.20. The summed E-state index contributed by atoms with van der Waals surface area (Å²) >= 11 is 0. The van der Waals surface area contributed by atoms with Gasteiger partial charge >= 0.3 is 0 Å². The van der Waals surface area contributed by atoms with Crippen molar-refractivity contribution in [1.29, 1.82) is 0 Å². The first-order chi connectivity index (χ1) is 13.2. The Morgan fingerprint density at radius 1 is 0.889 bits per heavy atom. The van der Waals surface area contributed by atoms with E-state index in [1.54, 1.807) is 18.2 Å². The number of carbonyl (C=O) groups excluding carboxylic acids is 1. The lowest BCUT2D eigenvalue weighted by molar-refractivity contribution is 0.0934. The van der Waals surface area contributed by atoms with E-state index in [1.807, 2.05) is 25.1 Å². The van der Waals surface area contributed by atoms with Gasteiger partial charge in [-0.05, 0) is 42.3 Å². The Morgan fingerprint density at radius 2 is 1.52 bits per heavy atom. The minimum atomic E-state index is -0.147. The van der Waals surface area contributed by atoms with Crippen molar-refractivity contribution in [3.63, 3.8) is 0 Å². The van der Waals surface area contributed by atoms with E-state index in [9.17, 15) is 4.79 Å². The molecule has 1 unspecified atom stereocenters. The monoisotopic (exact) mass is 369 g/mol. The van der Waals surface area contributed by atoms with Crippen molar-refractivity contribution in [3.8, 4) is 23.0 Å². The lowest BCUT2D eigenvalue weighted by Gasteiger charge is -2.21. The quantitative estimate of drug-likeness (QED) is 0.894. The number of nitrogens with one attached hydrogen (secondary N) is 1. The molecule has 0 radical (unpaired) electrons. The van der Waals surface area contributed by atoms with E-state index in [4.69, 9.17) is 18.9 Å². The Kier molecular flexibility index (Phi) is 5.05. The van der Waals surface area contributed by atoms with Crippen LogP contribution in [-0.2, 0) is 0 Å². The number of hydrogen-bond acceptors (Lipinski definition) is 5. The fourth-order valence-corrected chi connectivity index (χ4v) is 3.24. The molecular weight excluding hydrogens is 346 g/mol. The molecule has 142 valence electrons. The lowest BCUT2D eigenvalue weighted by atomic mass is 10.0. The Bertz CT molecular complexity index is 835. The van der Waals surface area contributed by atoms with Gasteiger partial charge in [-0.25, -0.2) is 0 Å². The molecule has 0 aromatic heterocycles. The molecule has 1 amide bonds. The molecule has 1 N–H and O–H groups in total. The summed E-state index contributed by atoms with van der Waals surface area (Å²) in [6.45, 7) is 4.35. The van der Waals surface area contributed by atoms with Gasteiger partial charge in [0.05, 0.1) is 19.3 Å². The van der Waals surface area contributed by atoms with E-state index in [1.165, 1.54) is 0 Å². The van der Waals surface area contributed by atoms with Gasteiger partial charge in [0.25, 0.3) is 5.91 Å². The largest absolute Gasteiger partial charge is 0.490 e. The van der Waals surface area contributed by atoms with Crippen LogP contribution in [0.25, 0.3) is 0 Å². The van der Waals surface area contributed by atoms with Crippen LogP contribution >= 0.6 is 0 Å². The predicted molar refractivity (Wildman–Crippen MR) is 100.0 cm³/mol. The van der Waals surface area contributed by atoms with Crippen molar-refractivity contribution < 1.29 is 23.7 Å². The number of carbonyl (C=O) groups is 1. The normalized spacial score (nSPS) is 16.2. The highest BCUT2D eigenvalue weighted by atomic mass is 16.6. The van der Waals surface area contributed by atoms with Gasteiger partial charge in [0.2, 0.25) is 0 Å². The van der Waals surface area contributed by atoms with E-state index in [-0.39, 0.29) is 11.9 Å². The zero-order valence-corrected chi connectivity index (χ0v) is 15.3. The molecule has 27 heavy (non-hydrogen) atoms. The molecule has 0 saturated heterocycles. The van der Waals surface area contributed by atoms with Crippen LogP contribution in [0.2, 0.25) is 0 Å². The van der Waals surface area contributed by atoms with Crippen molar-refractivity contribution in [2.45, 2.75) is 25.8 Å². The minimum Gasteiger partial charge on any atom is -0.490 e. The third-order valence-electron chi connectivity index (χ3n) is 4.69. The molecule has 0 aliphatic carbocycles. The Hall–Kier alpha value is -2.89. The maximum atomic E-state index is 12.8. The standard InChI is InChI=1S/C21H23NO5/c1-2-16(14-4-6-17-19(12-14)25-9-3-8-24-17)22-21(23)15-5-7-18-20(13-15)27-11-10-26-18/h4-7,12-13,16H,2-3,8-11H2,1H3,(H,22,23). The van der Waals surface area contributed by atoms with Crippen molar-refractivity contribution in [3.05, 3.63) is 47.5 Å². The van der Waals surface area contributed by atoms with Crippen molar-refractivity contribution in [1.82, 2.24) is 5.32 Å². The summed E-state index contributed by atoms with van der Waals surface area (Å²) in [6.07, 6.45) is 1.62. The van der Waals surface area contributed by atoms with E-state index in [0.717, 1.165) is 29.9 Å². The third kappa shape index (κ3) is 3.79. The second kappa shape index (κ2) is 7.78. The summed E-state index contributed by atoms with van der Waals surface area (Å²) in [6, 6.07) is 11.0. The molecule has 2 aromatic carbocycles. The predicted octanol–water partition coefficient (Wildman–Crippen LogP) is 3.50. The average Bonchev–Trinajstić information content (AvgIpc) is 2.96. The summed E-state index contributed by atoms with van der Waals surface area (Å²) in [5, 5.41) is 3.10. The molecule has 2 aliphatic rings. The van der Waals surface area contributed by atoms with Crippen LogP contribution in [0.15, 0.2) is 36.4 Å². The Labute approximate surface area is 158 Å². The molecule has 6 heteroatoms. The first-order valence-corrected chi connectivity index (χ1v) is 9.34. The van der Waals surface area contributed by atoms with Gasteiger partial charge in [-0.3, -0.25) is 4.79 Å².